The lowest BCUT2D eigenvalue weighted by atomic mass is 9.75. The molecule has 2 aliphatic rings. The van der Waals surface area contributed by atoms with Gasteiger partial charge in [-0.15, -0.1) is 0 Å². The second-order valence-corrected chi connectivity index (χ2v) is 5.78. The van der Waals surface area contributed by atoms with Crippen molar-refractivity contribution in [2.45, 2.75) is 32.6 Å². The maximum absolute atomic E-state index is 5.45. The third-order valence-electron chi connectivity index (χ3n) is 4.53. The van der Waals surface area contributed by atoms with Crippen molar-refractivity contribution in [1.29, 1.82) is 0 Å². The molecule has 0 radical (unpaired) electrons. The van der Waals surface area contributed by atoms with Crippen LogP contribution in [0.2, 0.25) is 0 Å². The Morgan fingerprint density at radius 2 is 1.16 bits per heavy atom. The van der Waals surface area contributed by atoms with Crippen LogP contribution >= 0.6 is 0 Å². The zero-order valence-corrected chi connectivity index (χ0v) is 11.5. The summed E-state index contributed by atoms with van der Waals surface area (Å²) in [5.41, 5.74) is 10.5. The van der Waals surface area contributed by atoms with Crippen molar-refractivity contribution in [3.63, 3.8) is 0 Å². The summed E-state index contributed by atoms with van der Waals surface area (Å²) in [5, 5.41) is 0. The first-order valence-electron chi connectivity index (χ1n) is 7.09. The number of rotatable bonds is 1. The number of methoxy groups -OCH3 is 1. The van der Waals surface area contributed by atoms with Crippen molar-refractivity contribution in [3.8, 4) is 16.9 Å². The van der Waals surface area contributed by atoms with Gasteiger partial charge < -0.3 is 4.74 Å². The third-order valence-corrected chi connectivity index (χ3v) is 4.53. The van der Waals surface area contributed by atoms with Crippen molar-refractivity contribution < 1.29 is 4.74 Å². The van der Waals surface area contributed by atoms with Crippen LogP contribution < -0.4 is 4.74 Å². The van der Waals surface area contributed by atoms with Crippen LogP contribution in [-0.2, 0) is 25.7 Å². The summed E-state index contributed by atoms with van der Waals surface area (Å²) < 4.78 is 5.45. The molecule has 2 aromatic carbocycles. The van der Waals surface area contributed by atoms with Crippen LogP contribution in [-0.4, -0.2) is 7.11 Å². The van der Waals surface area contributed by atoms with E-state index in [1.807, 2.05) is 0 Å². The number of hydrogen-bond donors (Lipinski definition) is 0. The van der Waals surface area contributed by atoms with Crippen LogP contribution in [0.4, 0.5) is 0 Å². The molecule has 0 atom stereocenters. The van der Waals surface area contributed by atoms with E-state index in [1.165, 1.54) is 40.7 Å². The molecule has 0 N–H and O–H groups in total. The molecule has 0 saturated heterocycles. The van der Waals surface area contributed by atoms with Crippen LogP contribution in [0.15, 0.2) is 24.3 Å². The predicted octanol–water partition coefficient (Wildman–Crippen LogP) is 3.87. The highest BCUT2D eigenvalue weighted by atomic mass is 16.5. The zero-order chi connectivity index (χ0) is 13.0. The number of benzene rings is 2. The fourth-order valence-corrected chi connectivity index (χ4v) is 3.76. The van der Waals surface area contributed by atoms with Crippen molar-refractivity contribution in [1.82, 2.24) is 0 Å². The monoisotopic (exact) mass is 250 g/mol. The molecule has 1 nitrogen and oxygen atoms in total. The van der Waals surface area contributed by atoms with Crippen LogP contribution in [0, 0.1) is 6.92 Å². The minimum absolute atomic E-state index is 1.02. The van der Waals surface area contributed by atoms with Gasteiger partial charge in [0, 0.05) is 0 Å². The fourth-order valence-electron chi connectivity index (χ4n) is 3.76. The molecular formula is C18H18O. The van der Waals surface area contributed by atoms with Crippen molar-refractivity contribution in [2.75, 3.05) is 7.11 Å². The first-order valence-corrected chi connectivity index (χ1v) is 7.09. The number of hydrogen-bond acceptors (Lipinski definition) is 1. The third kappa shape index (κ3) is 1.54. The van der Waals surface area contributed by atoms with Gasteiger partial charge in [0.2, 0.25) is 0 Å². The summed E-state index contributed by atoms with van der Waals surface area (Å²) in [5.74, 6) is 1.02. The normalized spacial score (nSPS) is 15.1. The number of ether oxygens (including phenoxy) is 1. The lowest BCUT2D eigenvalue weighted by Gasteiger charge is -2.30. The molecule has 0 heterocycles. The average molecular weight is 250 g/mol. The lowest BCUT2D eigenvalue weighted by Crippen LogP contribution is -2.14. The van der Waals surface area contributed by atoms with E-state index in [2.05, 4.69) is 31.2 Å². The molecule has 0 amide bonds. The molecule has 2 aliphatic carbocycles. The van der Waals surface area contributed by atoms with Gasteiger partial charge in [-0.3, -0.25) is 0 Å². The zero-order valence-electron chi connectivity index (χ0n) is 11.5. The van der Waals surface area contributed by atoms with Crippen LogP contribution in [0.25, 0.3) is 11.1 Å². The van der Waals surface area contributed by atoms with Gasteiger partial charge in [-0.25, -0.2) is 0 Å². The standard InChI is InChI=1S/C18H18O/c1-11-7-12-3-5-14-9-16(19-2)10-15-6-4-13(8-11)17(12)18(14)15/h7-10H,3-6H2,1-2H3. The highest BCUT2D eigenvalue weighted by Crippen LogP contribution is 2.44. The topological polar surface area (TPSA) is 9.23 Å². The minimum atomic E-state index is 1.02. The highest BCUT2D eigenvalue weighted by molar-refractivity contribution is 5.81. The van der Waals surface area contributed by atoms with Gasteiger partial charge in [0.25, 0.3) is 0 Å². The SMILES string of the molecule is COc1cc2c3c(c1)CCc1cc(C)cc(c1-3)CC2. The van der Waals surface area contributed by atoms with Gasteiger partial charge in [-0.05, 0) is 78.1 Å². The molecule has 0 unspecified atom stereocenters. The molecule has 0 aromatic heterocycles. The second-order valence-electron chi connectivity index (χ2n) is 5.78. The molecule has 0 spiro atoms. The fraction of sp³-hybridized carbons (Fsp3) is 0.333. The van der Waals surface area contributed by atoms with E-state index >= 15 is 0 Å². The average Bonchev–Trinajstić information content (AvgIpc) is 2.43. The molecule has 2 aromatic rings. The summed E-state index contributed by atoms with van der Waals surface area (Å²) >= 11 is 0. The van der Waals surface area contributed by atoms with Crippen LogP contribution in [0.5, 0.6) is 5.75 Å². The highest BCUT2D eigenvalue weighted by Gasteiger charge is 2.26. The molecule has 0 fully saturated rings. The van der Waals surface area contributed by atoms with E-state index in [0.717, 1.165) is 18.6 Å². The number of aryl methyl sites for hydroxylation is 5. The van der Waals surface area contributed by atoms with Gasteiger partial charge in [0.05, 0.1) is 7.11 Å². The molecule has 19 heavy (non-hydrogen) atoms. The predicted molar refractivity (Wildman–Crippen MR) is 78.0 cm³/mol. The Balaban J connectivity index is 2.05. The smallest absolute Gasteiger partial charge is 0.119 e. The summed E-state index contributed by atoms with van der Waals surface area (Å²) in [7, 11) is 1.77. The van der Waals surface area contributed by atoms with E-state index in [-0.39, 0.29) is 0 Å². The van der Waals surface area contributed by atoms with E-state index in [0.29, 0.717) is 0 Å². The van der Waals surface area contributed by atoms with Gasteiger partial charge in [0.15, 0.2) is 0 Å². The second kappa shape index (κ2) is 3.86. The molecule has 96 valence electrons. The van der Waals surface area contributed by atoms with Crippen molar-refractivity contribution in [2.24, 2.45) is 0 Å². The maximum Gasteiger partial charge on any atom is 0.119 e. The largest absolute Gasteiger partial charge is 0.497 e. The minimum Gasteiger partial charge on any atom is -0.497 e. The summed E-state index contributed by atoms with van der Waals surface area (Å²) in [6, 6.07) is 9.22. The lowest BCUT2D eigenvalue weighted by molar-refractivity contribution is 0.413. The first kappa shape index (κ1) is 11.1. The van der Waals surface area contributed by atoms with Crippen LogP contribution in [0.1, 0.15) is 27.8 Å². The van der Waals surface area contributed by atoms with Crippen molar-refractivity contribution in [3.05, 3.63) is 52.1 Å². The summed E-state index contributed by atoms with van der Waals surface area (Å²) in [4.78, 5) is 0. The van der Waals surface area contributed by atoms with Crippen molar-refractivity contribution >= 4 is 0 Å². The van der Waals surface area contributed by atoms with Gasteiger partial charge in [-0.2, -0.15) is 0 Å². The van der Waals surface area contributed by atoms with E-state index in [4.69, 9.17) is 4.74 Å². The Morgan fingerprint density at radius 3 is 1.58 bits per heavy atom. The van der Waals surface area contributed by atoms with Crippen LogP contribution in [0.3, 0.4) is 0 Å². The molecule has 0 bridgehead atoms. The molecule has 0 aliphatic heterocycles. The van der Waals surface area contributed by atoms with Gasteiger partial charge >= 0.3 is 0 Å². The Hall–Kier alpha value is -1.76. The Kier molecular flexibility index (Phi) is 2.26. The van der Waals surface area contributed by atoms with Gasteiger partial charge in [-0.1, -0.05) is 17.7 Å². The van der Waals surface area contributed by atoms with E-state index < -0.39 is 0 Å². The molecular weight excluding hydrogens is 232 g/mol. The van der Waals surface area contributed by atoms with E-state index in [9.17, 15) is 0 Å². The molecule has 0 saturated carbocycles. The Morgan fingerprint density at radius 1 is 0.737 bits per heavy atom. The quantitative estimate of drug-likeness (QED) is 0.746. The molecule has 1 heteroatoms. The summed E-state index contributed by atoms with van der Waals surface area (Å²) in [6.45, 7) is 2.22. The maximum atomic E-state index is 5.45. The summed E-state index contributed by atoms with van der Waals surface area (Å²) in [6.07, 6.45) is 4.64. The molecule has 4 rings (SSSR count). The van der Waals surface area contributed by atoms with Gasteiger partial charge in [0.1, 0.15) is 5.75 Å². The Bertz CT molecular complexity index is 632. The Labute approximate surface area is 114 Å². The van der Waals surface area contributed by atoms with E-state index in [1.54, 1.807) is 18.2 Å². The first-order chi connectivity index (χ1) is 9.26.